The minimum absolute atomic E-state index is 0. The van der Waals surface area contributed by atoms with E-state index in [9.17, 15) is 8.42 Å². The Hall–Kier alpha value is -1.25. The topological polar surface area (TPSA) is 112 Å². The van der Waals surface area contributed by atoms with Crippen LogP contribution in [0.2, 0.25) is 0 Å². The van der Waals surface area contributed by atoms with Gasteiger partial charge in [0.05, 0.1) is 4.90 Å². The summed E-state index contributed by atoms with van der Waals surface area (Å²) < 4.78 is 21.4. The third-order valence-corrected chi connectivity index (χ3v) is 2.62. The summed E-state index contributed by atoms with van der Waals surface area (Å²) in [5, 5.41) is 4.84. The summed E-state index contributed by atoms with van der Waals surface area (Å²) in [4.78, 5) is 7.42. The van der Waals surface area contributed by atoms with Crippen LogP contribution >= 0.6 is 0 Å². The summed E-state index contributed by atoms with van der Waals surface area (Å²) in [6, 6.07) is 7.48. The molecule has 0 bridgehead atoms. The van der Waals surface area contributed by atoms with Crippen LogP contribution in [0.1, 0.15) is 0 Å². The molecular weight excluding hydrogens is 348 g/mol. The Balaban J connectivity index is 0.000000352. The van der Waals surface area contributed by atoms with Crippen LogP contribution in [-0.4, -0.2) is 18.4 Å². The molecule has 2 aromatic rings. The Morgan fingerprint density at radius 2 is 1.50 bits per heavy atom. The molecule has 1 aromatic carbocycles. The minimum atomic E-state index is -3.58. The molecule has 0 atom stereocenters. The molecule has 0 aliphatic heterocycles. The number of hydrogen-bond donors (Lipinski definition) is 2. The van der Waals surface area contributed by atoms with E-state index in [-0.39, 0.29) is 27.3 Å². The molecule has 0 saturated carbocycles. The summed E-state index contributed by atoms with van der Waals surface area (Å²) in [7, 11) is -3.58. The number of benzene rings is 1. The SMILES string of the molecule is Nc1ccc(S(N)(=O)=O)cc1.[Ag].c1cncnc1. The molecule has 0 amide bonds. The molecule has 0 aliphatic rings. The van der Waals surface area contributed by atoms with Crippen LogP contribution in [0.25, 0.3) is 0 Å². The molecule has 101 valence electrons. The first-order valence-electron chi connectivity index (χ1n) is 4.58. The van der Waals surface area contributed by atoms with Gasteiger partial charge in [0, 0.05) is 40.5 Å². The Labute approximate surface area is 121 Å². The molecule has 18 heavy (non-hydrogen) atoms. The number of hydrogen-bond acceptors (Lipinski definition) is 5. The average Bonchev–Trinajstić information content (AvgIpc) is 2.31. The fourth-order valence-electron chi connectivity index (χ4n) is 0.911. The molecule has 0 aliphatic carbocycles. The predicted octanol–water partition coefficient (Wildman–Crippen LogP) is 0.390. The molecule has 1 heterocycles. The van der Waals surface area contributed by atoms with E-state index in [2.05, 4.69) is 9.97 Å². The second-order valence-electron chi connectivity index (χ2n) is 3.02. The van der Waals surface area contributed by atoms with Crippen molar-refractivity contribution in [1.29, 1.82) is 0 Å². The summed E-state index contributed by atoms with van der Waals surface area (Å²) in [6.07, 6.45) is 4.88. The standard InChI is InChI=1S/C6H8N2O2S.C4H4N2.Ag/c7-5-1-3-6(4-2-5)11(8,9)10;1-2-5-4-6-3-1;/h1-4H,7H2,(H2,8,9,10);1-4H;. The van der Waals surface area contributed by atoms with Gasteiger partial charge in [-0.05, 0) is 30.3 Å². The van der Waals surface area contributed by atoms with Crippen molar-refractivity contribution in [2.45, 2.75) is 4.90 Å². The van der Waals surface area contributed by atoms with E-state index in [0.717, 1.165) is 0 Å². The van der Waals surface area contributed by atoms with Gasteiger partial charge in [-0.15, -0.1) is 0 Å². The van der Waals surface area contributed by atoms with Crippen molar-refractivity contribution in [2.75, 3.05) is 5.73 Å². The quantitative estimate of drug-likeness (QED) is 0.565. The molecule has 0 saturated heterocycles. The number of aromatic nitrogens is 2. The van der Waals surface area contributed by atoms with Gasteiger partial charge in [0.25, 0.3) is 0 Å². The molecular formula is C10H12AgN4O2S. The molecule has 1 aromatic heterocycles. The van der Waals surface area contributed by atoms with E-state index in [1.807, 2.05) is 0 Å². The molecule has 4 N–H and O–H groups in total. The zero-order valence-electron chi connectivity index (χ0n) is 9.19. The van der Waals surface area contributed by atoms with Crippen LogP contribution in [0, 0.1) is 0 Å². The van der Waals surface area contributed by atoms with E-state index in [4.69, 9.17) is 10.9 Å². The van der Waals surface area contributed by atoms with Crippen LogP contribution in [0.4, 0.5) is 5.69 Å². The van der Waals surface area contributed by atoms with E-state index in [0.29, 0.717) is 5.69 Å². The van der Waals surface area contributed by atoms with Gasteiger partial charge in [0.1, 0.15) is 6.33 Å². The van der Waals surface area contributed by atoms with Gasteiger partial charge >= 0.3 is 0 Å². The molecule has 1 radical (unpaired) electrons. The molecule has 0 fully saturated rings. The van der Waals surface area contributed by atoms with Crippen molar-refractivity contribution in [3.63, 3.8) is 0 Å². The van der Waals surface area contributed by atoms with Crippen LogP contribution in [0.3, 0.4) is 0 Å². The average molecular weight is 360 g/mol. The second-order valence-corrected chi connectivity index (χ2v) is 4.58. The van der Waals surface area contributed by atoms with E-state index in [1.54, 1.807) is 18.5 Å². The number of nitrogens with two attached hydrogens (primary N) is 2. The van der Waals surface area contributed by atoms with E-state index >= 15 is 0 Å². The number of anilines is 1. The van der Waals surface area contributed by atoms with Gasteiger partial charge in [-0.25, -0.2) is 23.5 Å². The van der Waals surface area contributed by atoms with Gasteiger partial charge in [-0.1, -0.05) is 0 Å². The van der Waals surface area contributed by atoms with Crippen molar-refractivity contribution in [3.05, 3.63) is 49.1 Å². The van der Waals surface area contributed by atoms with E-state index < -0.39 is 10.0 Å². The normalized spacial score (nSPS) is 9.61. The van der Waals surface area contributed by atoms with E-state index in [1.165, 1.54) is 30.6 Å². The third kappa shape index (κ3) is 6.48. The van der Waals surface area contributed by atoms with Crippen LogP contribution < -0.4 is 10.9 Å². The zero-order valence-corrected chi connectivity index (χ0v) is 11.5. The molecule has 8 heteroatoms. The largest absolute Gasteiger partial charge is 0.399 e. The first kappa shape index (κ1) is 16.8. The predicted molar refractivity (Wildman–Crippen MR) is 64.3 cm³/mol. The number of primary sulfonamides is 1. The summed E-state index contributed by atoms with van der Waals surface area (Å²) in [5.41, 5.74) is 5.85. The number of nitrogen functional groups attached to an aromatic ring is 1. The van der Waals surface area contributed by atoms with Crippen molar-refractivity contribution in [3.8, 4) is 0 Å². The summed E-state index contributed by atoms with van der Waals surface area (Å²) >= 11 is 0. The monoisotopic (exact) mass is 359 g/mol. The Morgan fingerprint density at radius 1 is 1.00 bits per heavy atom. The van der Waals surface area contributed by atoms with Gasteiger partial charge in [-0.2, -0.15) is 0 Å². The van der Waals surface area contributed by atoms with Gasteiger partial charge < -0.3 is 5.73 Å². The van der Waals surface area contributed by atoms with Crippen molar-refractivity contribution in [2.24, 2.45) is 5.14 Å². The molecule has 0 spiro atoms. The molecule has 6 nitrogen and oxygen atoms in total. The van der Waals surface area contributed by atoms with Crippen molar-refractivity contribution in [1.82, 2.24) is 9.97 Å². The van der Waals surface area contributed by atoms with Gasteiger partial charge in [0.2, 0.25) is 10.0 Å². The summed E-state index contributed by atoms with van der Waals surface area (Å²) in [5.74, 6) is 0. The first-order chi connectivity index (χ1) is 8.00. The first-order valence-corrected chi connectivity index (χ1v) is 6.13. The Bertz CT molecular complexity index is 519. The fourth-order valence-corrected chi connectivity index (χ4v) is 1.43. The third-order valence-electron chi connectivity index (χ3n) is 1.69. The number of nitrogens with zero attached hydrogens (tertiary/aromatic N) is 2. The molecule has 0 unspecified atom stereocenters. The Kier molecular flexibility index (Phi) is 7.41. The maximum Gasteiger partial charge on any atom is 0.238 e. The van der Waals surface area contributed by atoms with Gasteiger partial charge in [0.15, 0.2) is 0 Å². The van der Waals surface area contributed by atoms with Crippen LogP contribution in [-0.2, 0) is 32.4 Å². The smallest absolute Gasteiger partial charge is 0.238 e. The Morgan fingerprint density at radius 3 is 1.78 bits per heavy atom. The van der Waals surface area contributed by atoms with Gasteiger partial charge in [-0.3, -0.25) is 0 Å². The second kappa shape index (κ2) is 7.96. The summed E-state index contributed by atoms with van der Waals surface area (Å²) in [6.45, 7) is 0. The van der Waals surface area contributed by atoms with Crippen LogP contribution in [0.5, 0.6) is 0 Å². The minimum Gasteiger partial charge on any atom is -0.399 e. The number of sulfonamides is 1. The van der Waals surface area contributed by atoms with Crippen molar-refractivity contribution >= 4 is 15.7 Å². The van der Waals surface area contributed by atoms with Crippen LogP contribution in [0.15, 0.2) is 53.9 Å². The maximum absolute atomic E-state index is 10.7. The zero-order chi connectivity index (χ0) is 12.7. The fraction of sp³-hybridized carbons (Fsp3) is 0. The van der Waals surface area contributed by atoms with Crippen molar-refractivity contribution < 1.29 is 30.8 Å². The maximum atomic E-state index is 10.7. The molecule has 2 rings (SSSR count). The number of rotatable bonds is 1.